The summed E-state index contributed by atoms with van der Waals surface area (Å²) in [5.41, 5.74) is 6.89. The third-order valence-electron chi connectivity index (χ3n) is 5.62. The Labute approximate surface area is 166 Å². The topological polar surface area (TPSA) is 113 Å². The van der Waals surface area contributed by atoms with E-state index in [-0.39, 0.29) is 30.1 Å². The molecule has 0 aliphatic carbocycles. The van der Waals surface area contributed by atoms with Gasteiger partial charge in [0.25, 0.3) is 0 Å². The summed E-state index contributed by atoms with van der Waals surface area (Å²) in [6, 6.07) is 7.74. The van der Waals surface area contributed by atoms with E-state index in [0.29, 0.717) is 25.9 Å². The maximum atomic E-state index is 12.6. The van der Waals surface area contributed by atoms with Crippen molar-refractivity contribution in [3.63, 3.8) is 0 Å². The zero-order valence-electron chi connectivity index (χ0n) is 16.6. The molecule has 0 aromatic heterocycles. The standard InChI is InChI=1S/C21H31N3O4/c1-3-14(2)18(22)20(26)24-11-9-16(10-12-24)19(25)23-17(21(27)28)13-15-7-5-4-6-8-15/h4-8,14,16-18H,3,9-13,22H2,1-2H3,(H,23,25)(H,27,28)/t14?,17-,18-/m0/s1. The number of likely N-dealkylation sites (tertiary alicyclic amines) is 1. The first-order chi connectivity index (χ1) is 13.3. The lowest BCUT2D eigenvalue weighted by atomic mass is 9.93. The summed E-state index contributed by atoms with van der Waals surface area (Å²) in [5.74, 6) is -1.56. The molecule has 1 aliphatic heterocycles. The molecule has 0 radical (unpaired) electrons. The molecule has 7 nitrogen and oxygen atoms in total. The van der Waals surface area contributed by atoms with Crippen LogP contribution in [0.15, 0.2) is 30.3 Å². The highest BCUT2D eigenvalue weighted by atomic mass is 16.4. The number of carbonyl (C=O) groups excluding carboxylic acids is 2. The van der Waals surface area contributed by atoms with Crippen LogP contribution in [-0.4, -0.2) is 53.0 Å². The van der Waals surface area contributed by atoms with Gasteiger partial charge in [-0.2, -0.15) is 0 Å². The fraction of sp³-hybridized carbons (Fsp3) is 0.571. The van der Waals surface area contributed by atoms with E-state index in [9.17, 15) is 19.5 Å². The van der Waals surface area contributed by atoms with Gasteiger partial charge in [-0.3, -0.25) is 9.59 Å². The number of hydrogen-bond acceptors (Lipinski definition) is 4. The second-order valence-corrected chi connectivity index (χ2v) is 7.60. The monoisotopic (exact) mass is 389 g/mol. The normalized spacial score (nSPS) is 18.2. The summed E-state index contributed by atoms with van der Waals surface area (Å²) in [7, 11) is 0. The number of nitrogens with zero attached hydrogens (tertiary/aromatic N) is 1. The molecule has 1 heterocycles. The molecule has 3 atom stereocenters. The van der Waals surface area contributed by atoms with E-state index in [0.717, 1.165) is 12.0 Å². The van der Waals surface area contributed by atoms with Crippen LogP contribution in [0.2, 0.25) is 0 Å². The second kappa shape index (κ2) is 10.2. The van der Waals surface area contributed by atoms with Crippen LogP contribution in [-0.2, 0) is 20.8 Å². The van der Waals surface area contributed by atoms with Crippen molar-refractivity contribution in [2.75, 3.05) is 13.1 Å². The molecule has 0 spiro atoms. The molecule has 154 valence electrons. The quantitative estimate of drug-likeness (QED) is 0.622. The van der Waals surface area contributed by atoms with Gasteiger partial charge < -0.3 is 21.1 Å². The van der Waals surface area contributed by atoms with E-state index in [2.05, 4.69) is 5.32 Å². The fourth-order valence-corrected chi connectivity index (χ4v) is 3.41. The lowest BCUT2D eigenvalue weighted by molar-refractivity contribution is -0.143. The second-order valence-electron chi connectivity index (χ2n) is 7.60. The summed E-state index contributed by atoms with van der Waals surface area (Å²) in [5, 5.41) is 12.1. The molecule has 1 unspecified atom stereocenters. The Morgan fingerprint density at radius 2 is 1.82 bits per heavy atom. The maximum Gasteiger partial charge on any atom is 0.326 e. The van der Waals surface area contributed by atoms with E-state index in [1.165, 1.54) is 0 Å². The third kappa shape index (κ3) is 5.79. The number of carbonyl (C=O) groups is 3. The van der Waals surface area contributed by atoms with Gasteiger partial charge in [-0.05, 0) is 24.3 Å². The first-order valence-electron chi connectivity index (χ1n) is 9.95. The highest BCUT2D eigenvalue weighted by molar-refractivity contribution is 5.86. The summed E-state index contributed by atoms with van der Waals surface area (Å²) in [6.45, 7) is 4.90. The van der Waals surface area contributed by atoms with Crippen LogP contribution >= 0.6 is 0 Å². The van der Waals surface area contributed by atoms with Crippen LogP contribution in [0, 0.1) is 11.8 Å². The molecule has 1 aromatic carbocycles. The minimum Gasteiger partial charge on any atom is -0.480 e. The Morgan fingerprint density at radius 3 is 2.36 bits per heavy atom. The molecule has 1 aromatic rings. The van der Waals surface area contributed by atoms with Crippen molar-refractivity contribution in [1.29, 1.82) is 0 Å². The van der Waals surface area contributed by atoms with Crippen molar-refractivity contribution in [2.45, 2.75) is 51.6 Å². The average Bonchev–Trinajstić information content (AvgIpc) is 2.72. The Morgan fingerprint density at radius 1 is 1.21 bits per heavy atom. The van der Waals surface area contributed by atoms with Crippen molar-refractivity contribution in [2.24, 2.45) is 17.6 Å². The zero-order valence-corrected chi connectivity index (χ0v) is 16.6. The first kappa shape index (κ1) is 21.9. The summed E-state index contributed by atoms with van der Waals surface area (Å²) in [6.07, 6.45) is 2.11. The fourth-order valence-electron chi connectivity index (χ4n) is 3.41. The lowest BCUT2D eigenvalue weighted by Crippen LogP contribution is -2.52. The number of carboxylic acid groups (broad SMARTS) is 1. The van der Waals surface area contributed by atoms with Gasteiger partial charge in [-0.1, -0.05) is 50.6 Å². The van der Waals surface area contributed by atoms with Crippen LogP contribution in [0.3, 0.4) is 0 Å². The molecule has 1 saturated heterocycles. The molecular formula is C21H31N3O4. The van der Waals surface area contributed by atoms with Crippen molar-refractivity contribution < 1.29 is 19.5 Å². The van der Waals surface area contributed by atoms with Crippen LogP contribution in [0.5, 0.6) is 0 Å². The number of aliphatic carboxylic acids is 1. The number of nitrogens with two attached hydrogens (primary N) is 1. The lowest BCUT2D eigenvalue weighted by Gasteiger charge is -2.34. The number of piperidine rings is 1. The molecule has 1 fully saturated rings. The van der Waals surface area contributed by atoms with Gasteiger partial charge in [-0.15, -0.1) is 0 Å². The highest BCUT2D eigenvalue weighted by Gasteiger charge is 2.32. The summed E-state index contributed by atoms with van der Waals surface area (Å²) in [4.78, 5) is 38.3. The van der Waals surface area contributed by atoms with Gasteiger partial charge >= 0.3 is 5.97 Å². The number of carboxylic acids is 1. The molecule has 2 rings (SSSR count). The van der Waals surface area contributed by atoms with Gasteiger partial charge in [-0.25, -0.2) is 4.79 Å². The molecule has 2 amide bonds. The molecule has 4 N–H and O–H groups in total. The largest absolute Gasteiger partial charge is 0.480 e. The van der Waals surface area contributed by atoms with E-state index in [1.54, 1.807) is 4.90 Å². The molecule has 1 aliphatic rings. The molecule has 0 saturated carbocycles. The summed E-state index contributed by atoms with van der Waals surface area (Å²) < 4.78 is 0. The van der Waals surface area contributed by atoms with Gasteiger partial charge in [0.15, 0.2) is 0 Å². The maximum absolute atomic E-state index is 12.6. The van der Waals surface area contributed by atoms with E-state index in [4.69, 9.17) is 5.73 Å². The molecule has 7 heteroatoms. The minimum atomic E-state index is -1.05. The average molecular weight is 389 g/mol. The Kier molecular flexibility index (Phi) is 7.99. The Hall–Kier alpha value is -2.41. The zero-order chi connectivity index (χ0) is 20.7. The van der Waals surface area contributed by atoms with Gasteiger partial charge in [0.05, 0.1) is 6.04 Å². The molecule has 28 heavy (non-hydrogen) atoms. The van der Waals surface area contributed by atoms with Crippen molar-refractivity contribution >= 4 is 17.8 Å². The van der Waals surface area contributed by atoms with Crippen molar-refractivity contribution in [1.82, 2.24) is 10.2 Å². The van der Waals surface area contributed by atoms with Crippen molar-refractivity contribution in [3.05, 3.63) is 35.9 Å². The number of rotatable bonds is 8. The summed E-state index contributed by atoms with van der Waals surface area (Å²) >= 11 is 0. The predicted octanol–water partition coefficient (Wildman–Crippen LogP) is 1.41. The van der Waals surface area contributed by atoms with Crippen LogP contribution in [0.4, 0.5) is 0 Å². The van der Waals surface area contributed by atoms with Gasteiger partial charge in [0.1, 0.15) is 6.04 Å². The van der Waals surface area contributed by atoms with Gasteiger partial charge in [0, 0.05) is 25.4 Å². The van der Waals surface area contributed by atoms with Crippen LogP contribution < -0.4 is 11.1 Å². The highest BCUT2D eigenvalue weighted by Crippen LogP contribution is 2.20. The van der Waals surface area contributed by atoms with E-state index >= 15 is 0 Å². The number of benzene rings is 1. The number of nitrogens with one attached hydrogen (secondary N) is 1. The molecular weight excluding hydrogens is 358 g/mol. The van der Waals surface area contributed by atoms with E-state index in [1.807, 2.05) is 44.2 Å². The third-order valence-corrected chi connectivity index (χ3v) is 5.62. The number of hydrogen-bond donors (Lipinski definition) is 3. The SMILES string of the molecule is CCC(C)[C@H](N)C(=O)N1CCC(C(=O)N[C@@H](Cc2ccccc2)C(=O)O)CC1. The van der Waals surface area contributed by atoms with Gasteiger partial charge in [0.2, 0.25) is 11.8 Å². The van der Waals surface area contributed by atoms with E-state index < -0.39 is 18.1 Å². The van der Waals surface area contributed by atoms with Crippen molar-refractivity contribution in [3.8, 4) is 0 Å². The van der Waals surface area contributed by atoms with Crippen LogP contribution in [0.25, 0.3) is 0 Å². The minimum absolute atomic E-state index is 0.0688. The first-order valence-corrected chi connectivity index (χ1v) is 9.95. The number of amides is 2. The van der Waals surface area contributed by atoms with Crippen LogP contribution in [0.1, 0.15) is 38.7 Å². The molecule has 0 bridgehead atoms. The Balaban J connectivity index is 1.88. The predicted molar refractivity (Wildman–Crippen MR) is 106 cm³/mol. The smallest absolute Gasteiger partial charge is 0.326 e. The Bertz CT molecular complexity index is 671.